The highest BCUT2D eigenvalue weighted by molar-refractivity contribution is 6.29. The zero-order valence-electron chi connectivity index (χ0n) is 55.9. The molecule has 3 aromatic carbocycles. The number of carbonyl (C=O) groups is 4. The lowest BCUT2D eigenvalue weighted by Crippen LogP contribution is -2.63. The molecule has 19 heteroatoms. The molecule has 10 rings (SSSR count). The van der Waals surface area contributed by atoms with Crippen LogP contribution in [0.4, 0.5) is 20.2 Å². The molecule has 3 N–H and O–H groups in total. The fourth-order valence-corrected chi connectivity index (χ4v) is 14.0. The second-order valence-electron chi connectivity index (χ2n) is 24.6. The quantitative estimate of drug-likeness (QED) is 0.0552. The number of nitrogens with zero attached hydrogens (tertiary/aromatic N) is 8. The molecule has 6 saturated heterocycles. The van der Waals surface area contributed by atoms with Gasteiger partial charge in [-0.1, -0.05) is 81.2 Å². The molecular weight excluding hydrogens is 1140 g/mol. The number of aromatic hydroxyl groups is 1. The molecule has 0 aliphatic carbocycles. The van der Waals surface area contributed by atoms with Crippen LogP contribution >= 0.6 is 0 Å². The first kappa shape index (κ1) is 72.7. The lowest BCUT2D eigenvalue weighted by Gasteiger charge is -2.57. The third kappa shape index (κ3) is 17.8. The lowest BCUT2D eigenvalue weighted by atomic mass is 9.70. The van der Waals surface area contributed by atoms with Gasteiger partial charge >= 0.3 is 0 Å². The molecule has 0 bridgehead atoms. The van der Waals surface area contributed by atoms with E-state index < -0.39 is 23.8 Å². The summed E-state index contributed by atoms with van der Waals surface area (Å²) in [6.07, 6.45) is 17.8. The van der Waals surface area contributed by atoms with Crippen LogP contribution in [0.15, 0.2) is 74.7 Å². The number of hydrogen-bond donors (Lipinski definition) is 3. The average Bonchev–Trinajstić information content (AvgIpc) is 0.998. The summed E-state index contributed by atoms with van der Waals surface area (Å²) < 4.78 is 40.7. The molecule has 17 nitrogen and oxygen atoms in total. The number of carbonyl (C=O) groups excluding carboxylic acids is 4. The van der Waals surface area contributed by atoms with Crippen molar-refractivity contribution in [3.05, 3.63) is 82.2 Å². The van der Waals surface area contributed by atoms with E-state index in [0.29, 0.717) is 91.0 Å². The van der Waals surface area contributed by atoms with Gasteiger partial charge in [-0.3, -0.25) is 49.2 Å². The number of aryl methyl sites for hydroxylation is 2. The molecule has 7 aliphatic heterocycles. The van der Waals surface area contributed by atoms with Crippen LogP contribution < -0.4 is 15.1 Å². The predicted octanol–water partition coefficient (Wildman–Crippen LogP) is 12.7. The average molecular weight is 1250 g/mol. The van der Waals surface area contributed by atoms with Gasteiger partial charge in [0.15, 0.2) is 5.83 Å². The molecular formula is C71H105F2N9O8. The number of fused-ring (bicyclic) bond motifs is 2. The van der Waals surface area contributed by atoms with Crippen molar-refractivity contribution in [3.63, 3.8) is 0 Å². The Bertz CT molecular complexity index is 3020. The maximum Gasteiger partial charge on any atom is 0.293 e. The first-order chi connectivity index (χ1) is 43.5. The second-order valence-corrected chi connectivity index (χ2v) is 24.6. The van der Waals surface area contributed by atoms with Crippen LogP contribution in [0.5, 0.6) is 5.75 Å². The number of aliphatic hydroxyl groups is 1. The second kappa shape index (κ2) is 35.4. The van der Waals surface area contributed by atoms with Gasteiger partial charge in [0.05, 0.1) is 11.7 Å². The maximum absolute atomic E-state index is 16.1. The lowest BCUT2D eigenvalue weighted by molar-refractivity contribution is -0.135. The van der Waals surface area contributed by atoms with Gasteiger partial charge in [-0.15, -0.1) is 0 Å². The number of hydrogen-bond acceptors (Lipinski definition) is 15. The number of allylic oxidation sites excluding steroid dienone is 2. The van der Waals surface area contributed by atoms with E-state index in [1.807, 2.05) is 59.4 Å². The highest BCUT2D eigenvalue weighted by atomic mass is 19.1. The van der Waals surface area contributed by atoms with E-state index in [1.165, 1.54) is 127 Å². The van der Waals surface area contributed by atoms with E-state index >= 15 is 4.39 Å². The minimum absolute atomic E-state index is 0.0368. The zero-order valence-corrected chi connectivity index (χ0v) is 55.9. The minimum Gasteiger partial charge on any atom is -0.508 e. The van der Waals surface area contributed by atoms with Crippen molar-refractivity contribution < 1.29 is 47.6 Å². The van der Waals surface area contributed by atoms with Crippen molar-refractivity contribution in [2.45, 2.75) is 209 Å². The number of β-amino-alcohol motifs (C(OH)–C–C–N with tert-alkyl or cyclic N) is 1. The molecule has 6 atom stereocenters. The first-order valence-electron chi connectivity index (χ1n) is 33.6. The molecule has 0 aromatic heterocycles. The number of anilines is 2. The Kier molecular flexibility index (Phi) is 28.6. The Balaban J connectivity index is 0.000000231. The fraction of sp³-hybridized carbons (Fsp3) is 0.620. The van der Waals surface area contributed by atoms with Crippen molar-refractivity contribution >= 4 is 70.7 Å². The van der Waals surface area contributed by atoms with Crippen LogP contribution in [0.3, 0.4) is 0 Å². The molecule has 7 heterocycles. The van der Waals surface area contributed by atoms with E-state index in [9.17, 15) is 33.8 Å². The number of aliphatic imine (C=N–C) groups is 3. The van der Waals surface area contributed by atoms with Gasteiger partial charge < -0.3 is 29.5 Å². The number of nitrogens with one attached hydrogen (secondary N) is 1. The summed E-state index contributed by atoms with van der Waals surface area (Å²) in [7, 11) is 1.44. The van der Waals surface area contributed by atoms with E-state index in [-0.39, 0.29) is 53.6 Å². The SMILES string of the molecule is C=N/C(=C1/C=NC(c2cc(O)cc3ccc(F)c(CC)c23)=C(F)/C1=N/COC)N1CCCC(O)C1.CC.CC.CCCC(CCC(C)CC)N1CC2(CCN(c3ccc(N(C(=O)CC)C4CCC(=O)NC4=O)c(C)c3)CC2)C1.O=COCC1CCC2CCCN21. The number of aliphatic hydroxyl groups excluding tert-OH is 1. The van der Waals surface area contributed by atoms with E-state index in [1.54, 1.807) is 11.0 Å². The number of imide groups is 1. The molecule has 90 heavy (non-hydrogen) atoms. The Morgan fingerprint density at radius 2 is 1.68 bits per heavy atom. The number of likely N-dealkylation sites (tertiary alicyclic amines) is 2. The van der Waals surface area contributed by atoms with Crippen molar-refractivity contribution in [1.29, 1.82) is 0 Å². The molecule has 0 saturated carbocycles. The number of halogens is 2. The summed E-state index contributed by atoms with van der Waals surface area (Å²) in [4.78, 5) is 71.2. The van der Waals surface area contributed by atoms with Gasteiger partial charge in [-0.2, -0.15) is 0 Å². The molecule has 0 radical (unpaired) electrons. The Morgan fingerprint density at radius 1 is 0.944 bits per heavy atom. The van der Waals surface area contributed by atoms with Crippen molar-refractivity contribution in [1.82, 2.24) is 20.0 Å². The number of amides is 3. The highest BCUT2D eigenvalue weighted by Crippen LogP contribution is 2.45. The van der Waals surface area contributed by atoms with Gasteiger partial charge in [0.25, 0.3) is 6.47 Å². The molecule has 496 valence electrons. The topological polar surface area (TPSA) is 193 Å². The summed E-state index contributed by atoms with van der Waals surface area (Å²) in [5.41, 5.74) is 4.27. The molecule has 1 spiro atoms. The van der Waals surface area contributed by atoms with Gasteiger partial charge in [0, 0.05) is 100 Å². The van der Waals surface area contributed by atoms with Gasteiger partial charge in [0.1, 0.15) is 48.2 Å². The van der Waals surface area contributed by atoms with Crippen LogP contribution in [0, 0.1) is 24.1 Å². The number of phenols is 1. The van der Waals surface area contributed by atoms with Gasteiger partial charge in [0.2, 0.25) is 17.7 Å². The van der Waals surface area contributed by atoms with Crippen LogP contribution in [0.2, 0.25) is 0 Å². The van der Waals surface area contributed by atoms with Crippen molar-refractivity contribution in [3.8, 4) is 5.75 Å². The van der Waals surface area contributed by atoms with E-state index in [4.69, 9.17) is 9.47 Å². The van der Waals surface area contributed by atoms with Crippen molar-refractivity contribution in [2.24, 2.45) is 26.3 Å². The van der Waals surface area contributed by atoms with E-state index in [2.05, 4.69) is 74.6 Å². The number of phenolic OH excluding ortho intramolecular Hbond substituents is 1. The Morgan fingerprint density at radius 3 is 2.31 bits per heavy atom. The Hall–Kier alpha value is -6.41. The van der Waals surface area contributed by atoms with Crippen molar-refractivity contribution in [2.75, 3.05) is 76.1 Å². The predicted molar refractivity (Wildman–Crippen MR) is 360 cm³/mol. The van der Waals surface area contributed by atoms with Crippen LogP contribution in [0.25, 0.3) is 16.5 Å². The number of rotatable bonds is 20. The number of benzene rings is 3. The number of piperidine rings is 3. The fourth-order valence-electron chi connectivity index (χ4n) is 14.0. The molecule has 6 unspecified atom stereocenters. The molecule has 3 amide bonds. The third-order valence-electron chi connectivity index (χ3n) is 18.9. The van der Waals surface area contributed by atoms with Gasteiger partial charge in [-0.25, -0.2) is 13.8 Å². The summed E-state index contributed by atoms with van der Waals surface area (Å²) in [5.74, 6) is -0.819. The summed E-state index contributed by atoms with van der Waals surface area (Å²) in [5, 5.41) is 23.9. The first-order valence-corrected chi connectivity index (χ1v) is 33.6. The number of ether oxygens (including phenoxy) is 2. The smallest absolute Gasteiger partial charge is 0.293 e. The third-order valence-corrected chi connectivity index (χ3v) is 18.9. The Labute approximate surface area is 535 Å². The van der Waals surface area contributed by atoms with E-state index in [0.717, 1.165) is 48.8 Å². The molecule has 7 aliphatic rings. The van der Waals surface area contributed by atoms with Gasteiger partial charge in [-0.05, 0) is 173 Å². The van der Waals surface area contributed by atoms with Crippen LogP contribution in [0.1, 0.15) is 182 Å². The standard InChI is InChI=1S/C32H50N4O3.C26H28F2N4O3.C9H15NO2.2C2H6/c1-6-9-25(11-10-23(4)7-2)35-21-32(22-35)16-18-34(19-17-32)26-12-13-27(24(5)20-26)36(30(38)8-3)28-14-15-29(37)33-31(28)39;1-4-18-21(27)8-7-15-10-17(34)11-19(22(15)18)24-23(28)25(31-14-35-3)20(12-30-24)26(29-2)32-9-5-6-16(33)13-32;11-7-12-6-9-4-3-8-2-1-5-10(8)9;2*1-2/h12-13,20,23,25,28H,6-11,14-19,21-22H2,1-5H3,(H,33,37,39);7-8,10-12,16,33-34H,2,4-6,9,13-14H2,1,3H3;7-9H,1-6H2;2*1-2H3/b;26-20+,31-25+;;;. The highest BCUT2D eigenvalue weighted by Gasteiger charge is 2.47. The monoisotopic (exact) mass is 1250 g/mol. The summed E-state index contributed by atoms with van der Waals surface area (Å²) >= 11 is 0. The minimum atomic E-state index is -0.753. The van der Waals surface area contributed by atoms with Crippen LogP contribution in [-0.2, 0) is 35.1 Å². The summed E-state index contributed by atoms with van der Waals surface area (Å²) in [6, 6.07) is 13.4. The zero-order chi connectivity index (χ0) is 65.7. The summed E-state index contributed by atoms with van der Waals surface area (Å²) in [6.45, 7) is 32.1. The molecule has 6 fully saturated rings. The van der Waals surface area contributed by atoms with Crippen LogP contribution in [-0.4, -0.2) is 164 Å². The molecule has 3 aromatic rings. The largest absolute Gasteiger partial charge is 0.508 e. The number of methoxy groups -OCH3 is 1. The normalized spacial score (nSPS) is 22.9. The maximum atomic E-state index is 16.1.